The summed E-state index contributed by atoms with van der Waals surface area (Å²) in [6.07, 6.45) is 1.29. The first kappa shape index (κ1) is 27.1. The van der Waals surface area contributed by atoms with Crippen LogP contribution in [-0.4, -0.2) is 69.6 Å². The summed E-state index contributed by atoms with van der Waals surface area (Å²) in [5.41, 5.74) is 6.36. The van der Waals surface area contributed by atoms with Gasteiger partial charge in [-0.05, 0) is 42.7 Å². The van der Waals surface area contributed by atoms with E-state index in [-0.39, 0.29) is 5.91 Å². The number of nitrogens with zero attached hydrogens (tertiary/aromatic N) is 6. The number of piperazine rings is 1. The van der Waals surface area contributed by atoms with Crippen LogP contribution in [-0.2, 0) is 11.3 Å². The van der Waals surface area contributed by atoms with Crippen LogP contribution < -0.4 is 9.64 Å². The molecule has 0 aliphatic carbocycles. The molecule has 0 saturated carbocycles. The number of carbonyl (C=O) groups excluding carboxylic acids is 1. The van der Waals surface area contributed by atoms with Gasteiger partial charge < -0.3 is 19.1 Å². The summed E-state index contributed by atoms with van der Waals surface area (Å²) in [6, 6.07) is 24.8. The Morgan fingerprint density at radius 2 is 1.68 bits per heavy atom. The second-order valence-electron chi connectivity index (χ2n) is 10.3. The number of carbonyl (C=O) groups is 1. The molecule has 1 fully saturated rings. The van der Waals surface area contributed by atoms with Crippen LogP contribution in [0.3, 0.4) is 0 Å². The van der Waals surface area contributed by atoms with E-state index in [2.05, 4.69) is 69.1 Å². The van der Waals surface area contributed by atoms with Crippen LogP contribution in [0.5, 0.6) is 5.75 Å². The Balaban J connectivity index is 1.07. The normalized spacial score (nSPS) is 13.7. The van der Waals surface area contributed by atoms with E-state index >= 15 is 0 Å². The highest BCUT2D eigenvalue weighted by molar-refractivity contribution is 7.99. The van der Waals surface area contributed by atoms with Crippen LogP contribution in [0.1, 0.15) is 24.0 Å². The van der Waals surface area contributed by atoms with E-state index in [4.69, 9.17) is 9.72 Å². The minimum absolute atomic E-state index is 0.207. The molecule has 210 valence electrons. The zero-order valence-corrected chi connectivity index (χ0v) is 24.3. The lowest BCUT2D eigenvalue weighted by Crippen LogP contribution is -2.48. The van der Waals surface area contributed by atoms with Crippen molar-refractivity contribution in [2.45, 2.75) is 31.5 Å². The molecule has 1 aliphatic heterocycles. The van der Waals surface area contributed by atoms with Gasteiger partial charge in [0.25, 0.3) is 0 Å². The highest BCUT2D eigenvalue weighted by Crippen LogP contribution is 2.30. The minimum atomic E-state index is 0.207. The van der Waals surface area contributed by atoms with E-state index in [0.29, 0.717) is 11.6 Å². The molecule has 41 heavy (non-hydrogen) atoms. The molecular weight excluding hydrogens is 532 g/mol. The third-order valence-electron chi connectivity index (χ3n) is 7.77. The number of hydrogen-bond acceptors (Lipinski definition) is 7. The SMILES string of the molecule is COc1ccccc1N1CCN(C(=O)CCCSc2nnc3c4ccccc4n(Cc4ccccc4C)c3n2)CC1. The second-order valence-corrected chi connectivity index (χ2v) is 11.4. The van der Waals surface area contributed by atoms with Crippen molar-refractivity contribution in [2.24, 2.45) is 0 Å². The number of rotatable bonds is 9. The Labute approximate surface area is 244 Å². The van der Waals surface area contributed by atoms with E-state index in [9.17, 15) is 4.79 Å². The van der Waals surface area contributed by atoms with Crippen LogP contribution >= 0.6 is 11.8 Å². The van der Waals surface area contributed by atoms with Gasteiger partial charge in [-0.25, -0.2) is 4.98 Å². The van der Waals surface area contributed by atoms with Gasteiger partial charge in [-0.1, -0.05) is 66.4 Å². The van der Waals surface area contributed by atoms with Crippen molar-refractivity contribution < 1.29 is 9.53 Å². The van der Waals surface area contributed by atoms with E-state index in [1.165, 1.54) is 11.1 Å². The molecule has 3 aromatic carbocycles. The van der Waals surface area contributed by atoms with Gasteiger partial charge >= 0.3 is 0 Å². The molecule has 1 amide bonds. The van der Waals surface area contributed by atoms with Gasteiger partial charge in [-0.15, -0.1) is 10.2 Å². The molecule has 0 radical (unpaired) electrons. The number of benzene rings is 3. The quantitative estimate of drug-likeness (QED) is 0.171. The van der Waals surface area contributed by atoms with E-state index in [1.807, 2.05) is 35.2 Å². The van der Waals surface area contributed by atoms with Crippen LogP contribution in [0.25, 0.3) is 22.1 Å². The first-order chi connectivity index (χ1) is 20.1. The molecule has 6 rings (SSSR count). The fraction of sp³-hybridized carbons (Fsp3) is 0.312. The van der Waals surface area contributed by atoms with Crippen molar-refractivity contribution in [3.05, 3.63) is 83.9 Å². The third-order valence-corrected chi connectivity index (χ3v) is 8.69. The van der Waals surface area contributed by atoms with Crippen molar-refractivity contribution in [2.75, 3.05) is 43.9 Å². The number of aryl methyl sites for hydroxylation is 1. The highest BCUT2D eigenvalue weighted by Gasteiger charge is 2.23. The zero-order chi connectivity index (χ0) is 28.2. The Kier molecular flexibility index (Phi) is 8.04. The molecule has 0 atom stereocenters. The fourth-order valence-corrected chi connectivity index (χ4v) is 6.22. The fourth-order valence-electron chi connectivity index (χ4n) is 5.50. The molecule has 2 aromatic heterocycles. The average Bonchev–Trinajstić information content (AvgIpc) is 3.33. The summed E-state index contributed by atoms with van der Waals surface area (Å²) < 4.78 is 7.75. The summed E-state index contributed by atoms with van der Waals surface area (Å²) in [7, 11) is 1.70. The number of fused-ring (bicyclic) bond motifs is 3. The summed E-state index contributed by atoms with van der Waals surface area (Å²) in [5, 5.41) is 10.7. The lowest BCUT2D eigenvalue weighted by Gasteiger charge is -2.36. The zero-order valence-electron chi connectivity index (χ0n) is 23.5. The van der Waals surface area contributed by atoms with Crippen molar-refractivity contribution in [3.8, 4) is 5.75 Å². The van der Waals surface area contributed by atoms with Gasteiger partial charge in [-0.3, -0.25) is 4.79 Å². The maximum absolute atomic E-state index is 12.9. The van der Waals surface area contributed by atoms with Crippen molar-refractivity contribution >= 4 is 45.4 Å². The smallest absolute Gasteiger partial charge is 0.222 e. The molecule has 3 heterocycles. The number of amides is 1. The molecule has 0 N–H and O–H groups in total. The minimum Gasteiger partial charge on any atom is -0.495 e. The lowest BCUT2D eigenvalue weighted by molar-refractivity contribution is -0.131. The predicted octanol–water partition coefficient (Wildman–Crippen LogP) is 5.57. The van der Waals surface area contributed by atoms with Gasteiger partial charge in [0, 0.05) is 50.3 Å². The Morgan fingerprint density at radius 1 is 0.927 bits per heavy atom. The van der Waals surface area contributed by atoms with Gasteiger partial charge in [0.2, 0.25) is 11.1 Å². The standard InChI is InChI=1S/C32H34N6O2S/c1-23-10-3-4-11-24(23)22-38-26-13-6-5-12-25(26)30-31(38)33-32(35-34-30)41-21-9-16-29(39)37-19-17-36(18-20-37)27-14-7-8-15-28(27)40-2/h3-8,10-15H,9,16-22H2,1-2H3. The number of hydrogen-bond donors (Lipinski definition) is 0. The van der Waals surface area contributed by atoms with Crippen LogP contribution in [0.15, 0.2) is 78.0 Å². The first-order valence-corrected chi connectivity index (χ1v) is 15.1. The van der Waals surface area contributed by atoms with Gasteiger partial charge in [0.05, 0.1) is 18.3 Å². The summed E-state index contributed by atoms with van der Waals surface area (Å²) in [4.78, 5) is 22.1. The second kappa shape index (κ2) is 12.2. The monoisotopic (exact) mass is 566 g/mol. The van der Waals surface area contributed by atoms with E-state index < -0.39 is 0 Å². The van der Waals surface area contributed by atoms with Crippen molar-refractivity contribution in [3.63, 3.8) is 0 Å². The van der Waals surface area contributed by atoms with Gasteiger partial charge in [0.15, 0.2) is 5.65 Å². The van der Waals surface area contributed by atoms with Crippen LogP contribution in [0, 0.1) is 6.92 Å². The Bertz CT molecular complexity index is 1680. The molecule has 0 bridgehead atoms. The van der Waals surface area contributed by atoms with E-state index in [0.717, 1.165) is 78.4 Å². The maximum atomic E-state index is 12.9. The number of ether oxygens (including phenoxy) is 1. The third kappa shape index (κ3) is 5.72. The average molecular weight is 567 g/mol. The number of anilines is 1. The molecule has 1 saturated heterocycles. The molecule has 1 aliphatic rings. The number of methoxy groups -OCH3 is 1. The lowest BCUT2D eigenvalue weighted by atomic mass is 10.1. The van der Waals surface area contributed by atoms with Gasteiger partial charge in [0.1, 0.15) is 11.3 Å². The molecule has 5 aromatic rings. The largest absolute Gasteiger partial charge is 0.495 e. The predicted molar refractivity (Wildman–Crippen MR) is 165 cm³/mol. The van der Waals surface area contributed by atoms with Crippen LogP contribution in [0.4, 0.5) is 5.69 Å². The number of aromatic nitrogens is 4. The molecule has 0 unspecified atom stereocenters. The van der Waals surface area contributed by atoms with Crippen molar-refractivity contribution in [1.29, 1.82) is 0 Å². The number of thioether (sulfide) groups is 1. The first-order valence-electron chi connectivity index (χ1n) is 14.1. The molecular formula is C32H34N6O2S. The Morgan fingerprint density at radius 3 is 2.51 bits per heavy atom. The highest BCUT2D eigenvalue weighted by atomic mass is 32.2. The topological polar surface area (TPSA) is 76.4 Å². The summed E-state index contributed by atoms with van der Waals surface area (Å²) in [5.74, 6) is 1.84. The number of para-hydroxylation sites is 3. The van der Waals surface area contributed by atoms with Crippen LogP contribution in [0.2, 0.25) is 0 Å². The molecule has 9 heteroatoms. The summed E-state index contributed by atoms with van der Waals surface area (Å²) in [6.45, 7) is 5.91. The summed E-state index contributed by atoms with van der Waals surface area (Å²) >= 11 is 1.56. The molecule has 8 nitrogen and oxygen atoms in total. The van der Waals surface area contributed by atoms with Gasteiger partial charge in [-0.2, -0.15) is 0 Å². The van der Waals surface area contributed by atoms with Crippen molar-refractivity contribution in [1.82, 2.24) is 24.6 Å². The maximum Gasteiger partial charge on any atom is 0.222 e. The Hall–Kier alpha value is -4.11. The van der Waals surface area contributed by atoms with E-state index in [1.54, 1.807) is 18.9 Å². The molecule has 0 spiro atoms.